The van der Waals surface area contributed by atoms with Gasteiger partial charge < -0.3 is 9.47 Å². The van der Waals surface area contributed by atoms with Crippen molar-refractivity contribution < 1.29 is 14.3 Å². The summed E-state index contributed by atoms with van der Waals surface area (Å²) in [4.78, 5) is 10.4. The third kappa shape index (κ3) is 1.84. The Hall–Kier alpha value is -2.03. The summed E-state index contributed by atoms with van der Waals surface area (Å²) in [5.74, 6) is 1.35. The number of carbonyl (C=O) groups excluding carboxylic acids is 1. The van der Waals surface area contributed by atoms with Crippen molar-refractivity contribution in [1.29, 1.82) is 0 Å². The van der Waals surface area contributed by atoms with Gasteiger partial charge in [0.1, 0.15) is 11.5 Å². The molecular formula is C13H12O3. The minimum atomic E-state index is 0.433. The lowest BCUT2D eigenvalue weighted by molar-refractivity contribution is -0.120. The molecule has 2 aromatic carbocycles. The van der Waals surface area contributed by atoms with Gasteiger partial charge in [-0.1, -0.05) is 24.3 Å². The maximum Gasteiger partial charge on any atom is 0.298 e. The fourth-order valence-electron chi connectivity index (χ4n) is 1.68. The molecular weight excluding hydrogens is 204 g/mol. The molecule has 0 spiro atoms. The molecule has 0 aromatic heterocycles. The molecule has 0 bridgehead atoms. The molecule has 0 N–H and O–H groups in total. The molecule has 16 heavy (non-hydrogen) atoms. The van der Waals surface area contributed by atoms with Crippen LogP contribution < -0.4 is 9.47 Å². The SMILES string of the molecule is CCOc1ccc(OC=O)c2ccccc12. The second kappa shape index (κ2) is 4.66. The van der Waals surface area contributed by atoms with Crippen molar-refractivity contribution in [3.8, 4) is 11.5 Å². The van der Waals surface area contributed by atoms with Gasteiger partial charge in [0, 0.05) is 10.8 Å². The van der Waals surface area contributed by atoms with Gasteiger partial charge in [-0.05, 0) is 19.1 Å². The van der Waals surface area contributed by atoms with Crippen LogP contribution in [0.4, 0.5) is 0 Å². The highest BCUT2D eigenvalue weighted by Gasteiger charge is 2.06. The quantitative estimate of drug-likeness (QED) is 0.737. The molecule has 3 heteroatoms. The normalized spacial score (nSPS) is 10.1. The first-order chi connectivity index (χ1) is 7.86. The summed E-state index contributed by atoms with van der Waals surface area (Å²) < 4.78 is 10.4. The van der Waals surface area contributed by atoms with E-state index in [1.807, 2.05) is 37.3 Å². The Morgan fingerprint density at radius 1 is 1.06 bits per heavy atom. The summed E-state index contributed by atoms with van der Waals surface area (Å²) in [6, 6.07) is 11.2. The standard InChI is InChI=1S/C13H12O3/c1-2-15-12-7-8-13(16-9-14)11-6-4-3-5-10(11)12/h3-9H,2H2,1H3. The van der Waals surface area contributed by atoms with Gasteiger partial charge in [0.15, 0.2) is 0 Å². The predicted molar refractivity (Wildman–Crippen MR) is 61.8 cm³/mol. The molecule has 0 saturated heterocycles. The van der Waals surface area contributed by atoms with Crippen LogP contribution in [0.5, 0.6) is 11.5 Å². The van der Waals surface area contributed by atoms with E-state index in [1.165, 1.54) is 0 Å². The highest BCUT2D eigenvalue weighted by atomic mass is 16.5. The van der Waals surface area contributed by atoms with Crippen molar-refractivity contribution in [3.63, 3.8) is 0 Å². The van der Waals surface area contributed by atoms with Crippen LogP contribution >= 0.6 is 0 Å². The van der Waals surface area contributed by atoms with Crippen LogP contribution in [0.25, 0.3) is 10.8 Å². The number of hydrogen-bond donors (Lipinski definition) is 0. The van der Waals surface area contributed by atoms with E-state index in [0.29, 0.717) is 18.8 Å². The van der Waals surface area contributed by atoms with Crippen molar-refractivity contribution in [1.82, 2.24) is 0 Å². The highest BCUT2D eigenvalue weighted by Crippen LogP contribution is 2.32. The number of ether oxygens (including phenoxy) is 2. The fraction of sp³-hybridized carbons (Fsp3) is 0.154. The molecule has 0 fully saturated rings. The van der Waals surface area contributed by atoms with Crippen molar-refractivity contribution in [2.24, 2.45) is 0 Å². The van der Waals surface area contributed by atoms with E-state index in [1.54, 1.807) is 6.07 Å². The summed E-state index contributed by atoms with van der Waals surface area (Å²) in [5.41, 5.74) is 0. The van der Waals surface area contributed by atoms with Crippen LogP contribution in [0.2, 0.25) is 0 Å². The van der Waals surface area contributed by atoms with Crippen LogP contribution in [0.3, 0.4) is 0 Å². The third-order valence-electron chi connectivity index (χ3n) is 2.32. The van der Waals surface area contributed by atoms with Crippen LogP contribution in [0, 0.1) is 0 Å². The van der Waals surface area contributed by atoms with Gasteiger partial charge >= 0.3 is 0 Å². The van der Waals surface area contributed by atoms with E-state index in [0.717, 1.165) is 16.5 Å². The van der Waals surface area contributed by atoms with Gasteiger partial charge in [0.2, 0.25) is 0 Å². The minimum absolute atomic E-state index is 0.433. The van der Waals surface area contributed by atoms with Crippen molar-refractivity contribution in [3.05, 3.63) is 36.4 Å². The number of fused-ring (bicyclic) bond motifs is 1. The molecule has 2 rings (SSSR count). The molecule has 82 valence electrons. The van der Waals surface area contributed by atoms with E-state index in [-0.39, 0.29) is 0 Å². The van der Waals surface area contributed by atoms with Gasteiger partial charge in [-0.25, -0.2) is 0 Å². The summed E-state index contributed by atoms with van der Waals surface area (Å²) >= 11 is 0. The molecule has 0 saturated carbocycles. The number of hydrogen-bond acceptors (Lipinski definition) is 3. The first kappa shape index (κ1) is 10.5. The Labute approximate surface area is 93.6 Å². The second-order valence-electron chi connectivity index (χ2n) is 3.25. The topological polar surface area (TPSA) is 35.5 Å². The summed E-state index contributed by atoms with van der Waals surface area (Å²) in [5, 5.41) is 1.82. The first-order valence-electron chi connectivity index (χ1n) is 5.11. The Balaban J connectivity index is 2.61. The van der Waals surface area contributed by atoms with Gasteiger partial charge in [0.05, 0.1) is 6.61 Å². The molecule has 0 amide bonds. The Morgan fingerprint density at radius 2 is 1.69 bits per heavy atom. The number of carbonyl (C=O) groups is 1. The Kier molecular flexibility index (Phi) is 3.05. The van der Waals surface area contributed by atoms with Crippen molar-refractivity contribution in [2.75, 3.05) is 6.61 Å². The number of rotatable bonds is 4. The lowest BCUT2D eigenvalue weighted by atomic mass is 10.1. The second-order valence-corrected chi connectivity index (χ2v) is 3.25. The molecule has 0 unspecified atom stereocenters. The van der Waals surface area contributed by atoms with Gasteiger partial charge in [-0.3, -0.25) is 4.79 Å². The monoisotopic (exact) mass is 216 g/mol. The zero-order valence-corrected chi connectivity index (χ0v) is 8.97. The average molecular weight is 216 g/mol. The summed E-state index contributed by atoms with van der Waals surface area (Å²) in [7, 11) is 0. The molecule has 0 heterocycles. The lowest BCUT2D eigenvalue weighted by Gasteiger charge is -2.09. The van der Waals surface area contributed by atoms with E-state index < -0.39 is 0 Å². The van der Waals surface area contributed by atoms with Gasteiger partial charge in [-0.15, -0.1) is 0 Å². The maximum atomic E-state index is 10.4. The van der Waals surface area contributed by atoms with Crippen LogP contribution in [0.1, 0.15) is 6.92 Å². The Morgan fingerprint density at radius 3 is 2.31 bits per heavy atom. The van der Waals surface area contributed by atoms with E-state index in [2.05, 4.69) is 0 Å². The van der Waals surface area contributed by atoms with E-state index in [9.17, 15) is 4.79 Å². The molecule has 0 aliphatic heterocycles. The van der Waals surface area contributed by atoms with Gasteiger partial charge in [-0.2, -0.15) is 0 Å². The van der Waals surface area contributed by atoms with Crippen molar-refractivity contribution in [2.45, 2.75) is 6.92 Å². The number of benzene rings is 2. The Bertz CT molecular complexity index is 506. The predicted octanol–water partition coefficient (Wildman–Crippen LogP) is 2.77. The minimum Gasteiger partial charge on any atom is -0.493 e. The fourth-order valence-corrected chi connectivity index (χ4v) is 1.68. The average Bonchev–Trinajstić information content (AvgIpc) is 2.33. The molecule has 0 radical (unpaired) electrons. The van der Waals surface area contributed by atoms with E-state index in [4.69, 9.17) is 9.47 Å². The van der Waals surface area contributed by atoms with E-state index >= 15 is 0 Å². The largest absolute Gasteiger partial charge is 0.493 e. The van der Waals surface area contributed by atoms with Crippen LogP contribution in [-0.4, -0.2) is 13.1 Å². The van der Waals surface area contributed by atoms with Crippen LogP contribution in [-0.2, 0) is 4.79 Å². The first-order valence-corrected chi connectivity index (χ1v) is 5.11. The molecule has 0 aliphatic rings. The molecule has 0 atom stereocenters. The zero-order chi connectivity index (χ0) is 11.4. The molecule has 0 aliphatic carbocycles. The highest BCUT2D eigenvalue weighted by molar-refractivity contribution is 5.93. The molecule has 2 aromatic rings. The van der Waals surface area contributed by atoms with Crippen molar-refractivity contribution >= 4 is 17.2 Å². The molecule has 3 nitrogen and oxygen atoms in total. The van der Waals surface area contributed by atoms with Crippen LogP contribution in [0.15, 0.2) is 36.4 Å². The summed E-state index contributed by atoms with van der Waals surface area (Å²) in [6.07, 6.45) is 0. The smallest absolute Gasteiger partial charge is 0.298 e. The zero-order valence-electron chi connectivity index (χ0n) is 8.97. The third-order valence-corrected chi connectivity index (χ3v) is 2.32. The van der Waals surface area contributed by atoms with Gasteiger partial charge in [0.25, 0.3) is 6.47 Å². The summed E-state index contributed by atoms with van der Waals surface area (Å²) in [6.45, 7) is 2.98. The maximum absolute atomic E-state index is 10.4. The lowest BCUT2D eigenvalue weighted by Crippen LogP contribution is -1.94.